The van der Waals surface area contributed by atoms with Crippen LogP contribution in [0.4, 0.5) is 10.5 Å². The number of amides is 3. The van der Waals surface area contributed by atoms with Crippen LogP contribution in [0.25, 0.3) is 0 Å². The van der Waals surface area contributed by atoms with Gasteiger partial charge in [0.15, 0.2) is 5.82 Å². The lowest BCUT2D eigenvalue weighted by Crippen LogP contribution is -2.28. The lowest BCUT2D eigenvalue weighted by Gasteiger charge is -2.15. The molecule has 0 spiro atoms. The minimum Gasteiger partial charge on any atom is -0.494 e. The fourth-order valence-electron chi connectivity index (χ4n) is 3.54. The number of likely N-dealkylation sites (tertiary alicyclic amines) is 1. The molecule has 9 nitrogen and oxygen atoms in total. The number of carbonyl (C=O) groups excluding carboxylic acids is 2. The van der Waals surface area contributed by atoms with Crippen molar-refractivity contribution in [3.05, 3.63) is 71.9 Å². The number of aromatic nitrogens is 2. The van der Waals surface area contributed by atoms with Gasteiger partial charge in [-0.15, -0.1) is 0 Å². The molecule has 0 saturated carbocycles. The molecular weight excluding hydrogens is 410 g/mol. The maximum atomic E-state index is 12.4. The summed E-state index contributed by atoms with van der Waals surface area (Å²) in [4.78, 5) is 30.7. The normalized spacial score (nSPS) is 15.6. The second-order valence-corrected chi connectivity index (χ2v) is 7.47. The molecule has 9 heteroatoms. The Morgan fingerprint density at radius 1 is 1.19 bits per heavy atom. The van der Waals surface area contributed by atoms with E-state index in [2.05, 4.69) is 20.8 Å². The van der Waals surface area contributed by atoms with E-state index in [0.717, 1.165) is 11.3 Å². The van der Waals surface area contributed by atoms with Gasteiger partial charge in [0.25, 0.3) is 0 Å². The molecule has 1 aromatic heterocycles. The van der Waals surface area contributed by atoms with Crippen LogP contribution in [0.2, 0.25) is 0 Å². The molecule has 1 aliphatic heterocycles. The Bertz CT molecular complexity index is 1050. The van der Waals surface area contributed by atoms with E-state index >= 15 is 0 Å². The molecule has 2 aromatic carbocycles. The number of nitrogens with one attached hydrogen (secondary N) is 2. The summed E-state index contributed by atoms with van der Waals surface area (Å²) in [6.45, 7) is 3.68. The molecule has 0 unspecified atom stereocenters. The summed E-state index contributed by atoms with van der Waals surface area (Å²) in [6, 6.07) is 16.6. The van der Waals surface area contributed by atoms with Gasteiger partial charge in [0.05, 0.1) is 13.2 Å². The second-order valence-electron chi connectivity index (χ2n) is 7.47. The molecule has 0 bridgehead atoms. The van der Waals surface area contributed by atoms with E-state index < -0.39 is 0 Å². The standard InChI is InChI=1S/C23H25N5O4/c1-2-31-19-10-8-18(9-11-19)25-23(30)24-13-20-26-22(27-32-20)17-12-21(29)28(15-17)14-16-6-4-3-5-7-16/h3-11,17H,2,12-15H2,1H3,(H2,24,25,30)/t17-/m1/s1. The lowest BCUT2D eigenvalue weighted by molar-refractivity contribution is -0.128. The van der Waals surface area contributed by atoms with Crippen molar-refractivity contribution in [1.82, 2.24) is 20.4 Å². The Labute approximate surface area is 185 Å². The molecule has 0 aliphatic carbocycles. The number of benzene rings is 2. The second kappa shape index (κ2) is 9.95. The third-order valence-corrected chi connectivity index (χ3v) is 5.10. The van der Waals surface area contributed by atoms with Gasteiger partial charge in [0, 0.05) is 31.1 Å². The van der Waals surface area contributed by atoms with Crippen LogP contribution in [-0.4, -0.2) is 40.1 Å². The SMILES string of the molecule is CCOc1ccc(NC(=O)NCc2nc([C@@H]3CC(=O)N(Cc4ccccc4)C3)no2)cc1. The quantitative estimate of drug-likeness (QED) is 0.562. The number of hydrogen-bond donors (Lipinski definition) is 2. The van der Waals surface area contributed by atoms with Crippen molar-refractivity contribution in [2.24, 2.45) is 0 Å². The molecule has 3 aromatic rings. The van der Waals surface area contributed by atoms with Crippen LogP contribution in [0.1, 0.15) is 36.5 Å². The molecule has 1 fully saturated rings. The number of nitrogens with zero attached hydrogens (tertiary/aromatic N) is 3. The predicted molar refractivity (Wildman–Crippen MR) is 117 cm³/mol. The number of hydrogen-bond acceptors (Lipinski definition) is 6. The van der Waals surface area contributed by atoms with Crippen LogP contribution >= 0.6 is 0 Å². The van der Waals surface area contributed by atoms with Gasteiger partial charge in [-0.05, 0) is 36.8 Å². The average Bonchev–Trinajstić information content (AvgIpc) is 3.41. The molecular formula is C23H25N5O4. The van der Waals surface area contributed by atoms with Crippen LogP contribution in [0.3, 0.4) is 0 Å². The minimum absolute atomic E-state index is 0.0676. The third kappa shape index (κ3) is 5.42. The van der Waals surface area contributed by atoms with Crippen LogP contribution in [0.15, 0.2) is 59.1 Å². The zero-order valence-electron chi connectivity index (χ0n) is 17.8. The summed E-state index contributed by atoms with van der Waals surface area (Å²) in [5.74, 6) is 1.46. The van der Waals surface area contributed by atoms with Crippen molar-refractivity contribution < 1.29 is 18.8 Å². The number of urea groups is 1. The van der Waals surface area contributed by atoms with Gasteiger partial charge in [0.2, 0.25) is 11.8 Å². The zero-order chi connectivity index (χ0) is 22.3. The molecule has 1 atom stereocenters. The van der Waals surface area contributed by atoms with Crippen molar-refractivity contribution in [2.75, 3.05) is 18.5 Å². The molecule has 2 heterocycles. The lowest BCUT2D eigenvalue weighted by atomic mass is 10.1. The molecule has 1 saturated heterocycles. The highest BCUT2D eigenvalue weighted by molar-refractivity contribution is 5.89. The van der Waals surface area contributed by atoms with Gasteiger partial charge < -0.3 is 24.8 Å². The van der Waals surface area contributed by atoms with E-state index in [4.69, 9.17) is 9.26 Å². The first-order valence-corrected chi connectivity index (χ1v) is 10.5. The molecule has 2 N–H and O–H groups in total. The van der Waals surface area contributed by atoms with Crippen LogP contribution in [-0.2, 0) is 17.9 Å². The molecule has 32 heavy (non-hydrogen) atoms. The maximum absolute atomic E-state index is 12.4. The van der Waals surface area contributed by atoms with Crippen LogP contribution < -0.4 is 15.4 Å². The summed E-state index contributed by atoms with van der Waals surface area (Å²) in [5, 5.41) is 9.43. The van der Waals surface area contributed by atoms with E-state index in [-0.39, 0.29) is 30.3 Å². The van der Waals surface area contributed by atoms with E-state index in [9.17, 15) is 9.59 Å². The molecule has 3 amide bonds. The summed E-state index contributed by atoms with van der Waals surface area (Å²) in [6.07, 6.45) is 0.345. The van der Waals surface area contributed by atoms with E-state index in [1.165, 1.54) is 0 Å². The molecule has 1 aliphatic rings. The number of ether oxygens (including phenoxy) is 1. The summed E-state index contributed by atoms with van der Waals surface area (Å²) in [5.41, 5.74) is 1.72. The van der Waals surface area contributed by atoms with E-state index in [0.29, 0.717) is 37.6 Å². The average molecular weight is 435 g/mol. The largest absolute Gasteiger partial charge is 0.494 e. The van der Waals surface area contributed by atoms with E-state index in [1.807, 2.05) is 37.3 Å². The van der Waals surface area contributed by atoms with Crippen molar-refractivity contribution in [1.29, 1.82) is 0 Å². The Kier molecular flexibility index (Phi) is 6.64. The van der Waals surface area contributed by atoms with Crippen LogP contribution in [0.5, 0.6) is 5.75 Å². The highest BCUT2D eigenvalue weighted by Crippen LogP contribution is 2.27. The maximum Gasteiger partial charge on any atom is 0.319 e. The third-order valence-electron chi connectivity index (χ3n) is 5.10. The zero-order valence-corrected chi connectivity index (χ0v) is 17.8. The summed E-state index contributed by atoms with van der Waals surface area (Å²) >= 11 is 0. The van der Waals surface area contributed by atoms with Crippen molar-refractivity contribution in [2.45, 2.75) is 32.4 Å². The molecule has 4 rings (SSSR count). The highest BCUT2D eigenvalue weighted by atomic mass is 16.5. The number of rotatable bonds is 8. The molecule has 166 valence electrons. The van der Waals surface area contributed by atoms with Gasteiger partial charge in [0.1, 0.15) is 5.75 Å². The van der Waals surface area contributed by atoms with Gasteiger partial charge >= 0.3 is 6.03 Å². The van der Waals surface area contributed by atoms with Gasteiger partial charge in [-0.3, -0.25) is 4.79 Å². The van der Waals surface area contributed by atoms with Crippen molar-refractivity contribution >= 4 is 17.6 Å². The minimum atomic E-state index is -0.390. The first-order chi connectivity index (χ1) is 15.6. The smallest absolute Gasteiger partial charge is 0.319 e. The first kappa shape index (κ1) is 21.4. The summed E-state index contributed by atoms with van der Waals surface area (Å²) < 4.78 is 10.6. The Hall–Kier alpha value is -3.88. The number of carbonyl (C=O) groups is 2. The fourth-order valence-corrected chi connectivity index (χ4v) is 3.54. The predicted octanol–water partition coefficient (Wildman–Crippen LogP) is 3.31. The monoisotopic (exact) mass is 435 g/mol. The first-order valence-electron chi connectivity index (χ1n) is 10.5. The van der Waals surface area contributed by atoms with Gasteiger partial charge in [-0.25, -0.2) is 4.79 Å². The molecule has 0 radical (unpaired) electrons. The highest BCUT2D eigenvalue weighted by Gasteiger charge is 2.33. The number of anilines is 1. The Balaban J connectivity index is 1.26. The Morgan fingerprint density at radius 3 is 2.72 bits per heavy atom. The van der Waals surface area contributed by atoms with Crippen LogP contribution in [0, 0.1) is 0 Å². The van der Waals surface area contributed by atoms with Crippen molar-refractivity contribution in [3.8, 4) is 5.75 Å². The fraction of sp³-hybridized carbons (Fsp3) is 0.304. The Morgan fingerprint density at radius 2 is 1.97 bits per heavy atom. The van der Waals surface area contributed by atoms with Gasteiger partial charge in [-0.1, -0.05) is 35.5 Å². The van der Waals surface area contributed by atoms with Gasteiger partial charge in [-0.2, -0.15) is 4.98 Å². The van der Waals surface area contributed by atoms with E-state index in [1.54, 1.807) is 29.2 Å². The topological polar surface area (TPSA) is 110 Å². The van der Waals surface area contributed by atoms with Crippen molar-refractivity contribution in [3.63, 3.8) is 0 Å². The summed E-state index contributed by atoms with van der Waals surface area (Å²) in [7, 11) is 0.